The Morgan fingerprint density at radius 3 is 2.62 bits per heavy atom. The number of rotatable bonds is 9. The van der Waals surface area contributed by atoms with E-state index in [-0.39, 0.29) is 5.97 Å². The Morgan fingerprint density at radius 1 is 1.14 bits per heavy atom. The molecule has 1 aromatic carbocycles. The lowest BCUT2D eigenvalue weighted by molar-refractivity contribution is -0.134. The Hall–Kier alpha value is -1.97. The Bertz CT molecular complexity index is 466. The quantitative estimate of drug-likeness (QED) is 0.394. The molecule has 0 unspecified atom stereocenters. The fraction of sp³-hybridized carbons (Fsp3) is 0.471. The molecule has 0 aliphatic rings. The first-order chi connectivity index (χ1) is 10.2. The summed E-state index contributed by atoms with van der Waals surface area (Å²) in [5, 5.41) is 0. The molecule has 0 fully saturated rings. The van der Waals surface area contributed by atoms with Crippen LogP contribution in [0.5, 0.6) is 11.5 Å². The van der Waals surface area contributed by atoms with Crippen molar-refractivity contribution in [3.8, 4) is 11.5 Å². The van der Waals surface area contributed by atoms with E-state index in [1.165, 1.54) is 32.4 Å². The van der Waals surface area contributed by atoms with E-state index in [9.17, 15) is 4.79 Å². The molecule has 1 rings (SSSR count). The summed E-state index contributed by atoms with van der Waals surface area (Å²) in [6.07, 6.45) is 7.72. The van der Waals surface area contributed by atoms with Gasteiger partial charge in [0.25, 0.3) is 0 Å². The minimum Gasteiger partial charge on any atom is -0.493 e. The van der Waals surface area contributed by atoms with Crippen molar-refractivity contribution < 1.29 is 19.0 Å². The molecule has 0 bridgehead atoms. The minimum atomic E-state index is -0.384. The van der Waals surface area contributed by atoms with Crippen LogP contribution < -0.4 is 9.47 Å². The van der Waals surface area contributed by atoms with Crippen LogP contribution in [-0.2, 0) is 9.53 Å². The highest BCUT2D eigenvalue weighted by molar-refractivity contribution is 5.87. The van der Waals surface area contributed by atoms with Crippen LogP contribution in [0.4, 0.5) is 0 Å². The zero-order valence-electron chi connectivity index (χ0n) is 13.1. The second kappa shape index (κ2) is 9.86. The number of esters is 1. The Balaban J connectivity index is 2.61. The zero-order valence-corrected chi connectivity index (χ0v) is 13.1. The van der Waals surface area contributed by atoms with Crippen molar-refractivity contribution >= 4 is 12.0 Å². The Morgan fingerprint density at radius 2 is 1.95 bits per heavy atom. The lowest BCUT2D eigenvalue weighted by atomic mass is 10.2. The van der Waals surface area contributed by atoms with Crippen LogP contribution in [-0.4, -0.2) is 26.8 Å². The van der Waals surface area contributed by atoms with Crippen molar-refractivity contribution in [2.75, 3.05) is 20.8 Å². The first-order valence-corrected chi connectivity index (χ1v) is 7.28. The van der Waals surface area contributed by atoms with Crippen molar-refractivity contribution in [2.45, 2.75) is 32.6 Å². The van der Waals surface area contributed by atoms with E-state index in [4.69, 9.17) is 9.47 Å². The number of carbonyl (C=O) groups excluding carboxylic acids is 1. The van der Waals surface area contributed by atoms with Crippen molar-refractivity contribution in [1.82, 2.24) is 0 Å². The highest BCUT2D eigenvalue weighted by Crippen LogP contribution is 2.28. The number of methoxy groups -OCH3 is 2. The summed E-state index contributed by atoms with van der Waals surface area (Å²) in [4.78, 5) is 11.1. The van der Waals surface area contributed by atoms with Crippen LogP contribution in [0.1, 0.15) is 38.2 Å². The van der Waals surface area contributed by atoms with Crippen molar-refractivity contribution in [2.24, 2.45) is 0 Å². The Kier molecular flexibility index (Phi) is 8.02. The first kappa shape index (κ1) is 17.1. The summed E-state index contributed by atoms with van der Waals surface area (Å²) >= 11 is 0. The molecule has 0 amide bonds. The van der Waals surface area contributed by atoms with Gasteiger partial charge in [0, 0.05) is 6.08 Å². The SMILES string of the molecule is CCCCCCOc1ccc(C=CC(=O)OC)cc1OC. The van der Waals surface area contributed by atoms with Crippen LogP contribution in [0, 0.1) is 0 Å². The molecule has 1 aromatic rings. The summed E-state index contributed by atoms with van der Waals surface area (Å²) in [7, 11) is 2.95. The van der Waals surface area contributed by atoms with E-state index in [0.29, 0.717) is 12.4 Å². The standard InChI is InChI=1S/C17H24O4/c1-4-5-6-7-12-21-15-10-8-14(13-16(15)19-2)9-11-17(18)20-3/h8-11,13H,4-7,12H2,1-3H3. The molecule has 21 heavy (non-hydrogen) atoms. The second-order valence-electron chi connectivity index (χ2n) is 4.68. The molecule has 4 heteroatoms. The van der Waals surface area contributed by atoms with Gasteiger partial charge in [0.2, 0.25) is 0 Å². The average Bonchev–Trinajstić information content (AvgIpc) is 2.52. The maximum atomic E-state index is 11.1. The third kappa shape index (κ3) is 6.34. The molecule has 0 N–H and O–H groups in total. The molecule has 0 saturated carbocycles. The maximum Gasteiger partial charge on any atom is 0.330 e. The van der Waals surface area contributed by atoms with Gasteiger partial charge < -0.3 is 14.2 Å². The molecule has 0 aliphatic carbocycles. The van der Waals surface area contributed by atoms with E-state index in [2.05, 4.69) is 11.7 Å². The summed E-state index contributed by atoms with van der Waals surface area (Å²) in [6.45, 7) is 2.87. The molecule has 0 aliphatic heterocycles. The summed E-state index contributed by atoms with van der Waals surface area (Å²) in [6, 6.07) is 5.57. The number of carbonyl (C=O) groups is 1. The van der Waals surface area contributed by atoms with Gasteiger partial charge >= 0.3 is 5.97 Å². The second-order valence-corrected chi connectivity index (χ2v) is 4.68. The van der Waals surface area contributed by atoms with Crippen LogP contribution in [0.15, 0.2) is 24.3 Å². The number of hydrogen-bond donors (Lipinski definition) is 0. The largest absolute Gasteiger partial charge is 0.493 e. The fourth-order valence-electron chi connectivity index (χ4n) is 1.85. The predicted molar refractivity (Wildman–Crippen MR) is 83.7 cm³/mol. The van der Waals surface area contributed by atoms with Gasteiger partial charge in [-0.05, 0) is 30.2 Å². The highest BCUT2D eigenvalue weighted by atomic mass is 16.5. The molecule has 0 aromatic heterocycles. The molecule has 116 valence electrons. The normalized spacial score (nSPS) is 10.6. The number of benzene rings is 1. The van der Waals surface area contributed by atoms with Crippen LogP contribution >= 0.6 is 0 Å². The molecule has 0 spiro atoms. The third-order valence-corrected chi connectivity index (χ3v) is 3.06. The van der Waals surface area contributed by atoms with Gasteiger partial charge in [-0.2, -0.15) is 0 Å². The van der Waals surface area contributed by atoms with Crippen molar-refractivity contribution in [3.63, 3.8) is 0 Å². The van der Waals surface area contributed by atoms with E-state index in [1.807, 2.05) is 18.2 Å². The number of hydrogen-bond acceptors (Lipinski definition) is 4. The van der Waals surface area contributed by atoms with E-state index in [0.717, 1.165) is 17.7 Å². The number of unbranched alkanes of at least 4 members (excludes halogenated alkanes) is 3. The summed E-state index contributed by atoms with van der Waals surface area (Å²) in [5.41, 5.74) is 0.857. The predicted octanol–water partition coefficient (Wildman–Crippen LogP) is 3.84. The summed E-state index contributed by atoms with van der Waals surface area (Å²) < 4.78 is 15.6. The number of ether oxygens (including phenoxy) is 3. The maximum absolute atomic E-state index is 11.1. The topological polar surface area (TPSA) is 44.8 Å². The van der Waals surface area contributed by atoms with E-state index >= 15 is 0 Å². The molecular formula is C17H24O4. The van der Waals surface area contributed by atoms with Crippen molar-refractivity contribution in [3.05, 3.63) is 29.8 Å². The zero-order chi connectivity index (χ0) is 15.5. The van der Waals surface area contributed by atoms with Gasteiger partial charge in [0.05, 0.1) is 20.8 Å². The molecule has 0 saturated heterocycles. The molecule has 0 heterocycles. The third-order valence-electron chi connectivity index (χ3n) is 3.06. The molecule has 4 nitrogen and oxygen atoms in total. The molecular weight excluding hydrogens is 268 g/mol. The monoisotopic (exact) mass is 292 g/mol. The van der Waals surface area contributed by atoms with Crippen LogP contribution in [0.25, 0.3) is 6.08 Å². The fourth-order valence-corrected chi connectivity index (χ4v) is 1.85. The lowest BCUT2D eigenvalue weighted by Crippen LogP contribution is -1.99. The lowest BCUT2D eigenvalue weighted by Gasteiger charge is -2.11. The molecule has 0 radical (unpaired) electrons. The minimum absolute atomic E-state index is 0.384. The van der Waals surface area contributed by atoms with Gasteiger partial charge in [-0.15, -0.1) is 0 Å². The van der Waals surface area contributed by atoms with Gasteiger partial charge in [-0.25, -0.2) is 4.79 Å². The molecule has 0 atom stereocenters. The van der Waals surface area contributed by atoms with Gasteiger partial charge in [-0.3, -0.25) is 0 Å². The van der Waals surface area contributed by atoms with Gasteiger partial charge in [-0.1, -0.05) is 32.3 Å². The van der Waals surface area contributed by atoms with Crippen molar-refractivity contribution in [1.29, 1.82) is 0 Å². The van der Waals surface area contributed by atoms with Gasteiger partial charge in [0.1, 0.15) is 0 Å². The van der Waals surface area contributed by atoms with E-state index in [1.54, 1.807) is 13.2 Å². The Labute approximate surface area is 126 Å². The smallest absolute Gasteiger partial charge is 0.330 e. The highest BCUT2D eigenvalue weighted by Gasteiger charge is 2.05. The first-order valence-electron chi connectivity index (χ1n) is 7.28. The summed E-state index contributed by atoms with van der Waals surface area (Å²) in [5.74, 6) is 1.01. The van der Waals surface area contributed by atoms with Crippen LogP contribution in [0.3, 0.4) is 0 Å². The van der Waals surface area contributed by atoms with Gasteiger partial charge in [0.15, 0.2) is 11.5 Å². The van der Waals surface area contributed by atoms with E-state index < -0.39 is 0 Å². The van der Waals surface area contributed by atoms with Crippen LogP contribution in [0.2, 0.25) is 0 Å². The average molecular weight is 292 g/mol.